The maximum atomic E-state index is 13.4. The summed E-state index contributed by atoms with van der Waals surface area (Å²) in [5, 5.41) is 16.1. The Kier molecular flexibility index (Phi) is 6.57. The average molecular weight is 451 g/mol. The first-order valence-corrected chi connectivity index (χ1v) is 13.0. The Hall–Kier alpha value is -2.18. The molecule has 0 saturated carbocycles. The number of amides is 1. The fourth-order valence-electron chi connectivity index (χ4n) is 6.09. The molecule has 6 nitrogen and oxygen atoms in total. The Bertz CT molecular complexity index is 956. The van der Waals surface area contributed by atoms with E-state index < -0.39 is 5.60 Å². The quantitative estimate of drug-likeness (QED) is 0.754. The minimum absolute atomic E-state index is 0.138. The lowest BCUT2D eigenvalue weighted by atomic mass is 9.82. The second kappa shape index (κ2) is 9.59. The predicted octanol–water partition coefficient (Wildman–Crippen LogP) is 3.76. The molecule has 5 rings (SSSR count). The van der Waals surface area contributed by atoms with Gasteiger partial charge in [-0.25, -0.2) is 0 Å². The molecule has 178 valence electrons. The number of fused-ring (bicyclic) bond motifs is 1. The van der Waals surface area contributed by atoms with E-state index in [1.165, 1.54) is 17.7 Å². The summed E-state index contributed by atoms with van der Waals surface area (Å²) in [5.41, 5.74) is 3.50. The smallest absolute Gasteiger partial charge is 0.274 e. The van der Waals surface area contributed by atoms with Gasteiger partial charge in [0.25, 0.3) is 5.91 Å². The van der Waals surface area contributed by atoms with E-state index in [-0.39, 0.29) is 5.91 Å². The van der Waals surface area contributed by atoms with Crippen LogP contribution < -0.4 is 0 Å². The van der Waals surface area contributed by atoms with Crippen LogP contribution in [0.4, 0.5) is 0 Å². The third-order valence-corrected chi connectivity index (χ3v) is 8.05. The summed E-state index contributed by atoms with van der Waals surface area (Å²) < 4.78 is 2.12. The number of hydrogen-bond acceptors (Lipinski definition) is 4. The first-order valence-electron chi connectivity index (χ1n) is 13.0. The van der Waals surface area contributed by atoms with Crippen molar-refractivity contribution in [1.82, 2.24) is 19.6 Å². The molecule has 2 aliphatic heterocycles. The number of benzene rings is 1. The lowest BCUT2D eigenvalue weighted by Gasteiger charge is -2.43. The van der Waals surface area contributed by atoms with E-state index in [0.717, 1.165) is 89.7 Å². The first kappa shape index (κ1) is 22.6. The number of aromatic nitrogens is 2. The van der Waals surface area contributed by atoms with Crippen molar-refractivity contribution in [2.24, 2.45) is 0 Å². The van der Waals surface area contributed by atoms with E-state index in [1.807, 2.05) is 35.2 Å². The van der Waals surface area contributed by atoms with Crippen molar-refractivity contribution in [1.29, 1.82) is 0 Å². The minimum atomic E-state index is -0.723. The van der Waals surface area contributed by atoms with E-state index in [2.05, 4.69) is 16.5 Å². The number of carbonyl (C=O) groups excluding carboxylic acids is 1. The van der Waals surface area contributed by atoms with Gasteiger partial charge in [0, 0.05) is 50.0 Å². The molecule has 6 heteroatoms. The van der Waals surface area contributed by atoms with Crippen molar-refractivity contribution < 1.29 is 9.90 Å². The average Bonchev–Trinajstić information content (AvgIpc) is 3.23. The summed E-state index contributed by atoms with van der Waals surface area (Å²) in [6, 6.07) is 10.5. The Labute approximate surface area is 197 Å². The van der Waals surface area contributed by atoms with Crippen LogP contribution in [-0.4, -0.2) is 62.8 Å². The Balaban J connectivity index is 1.32. The summed E-state index contributed by atoms with van der Waals surface area (Å²) in [4.78, 5) is 18.0. The molecule has 0 spiro atoms. The van der Waals surface area contributed by atoms with Crippen LogP contribution in [0, 0.1) is 0 Å². The van der Waals surface area contributed by atoms with Crippen molar-refractivity contribution in [3.63, 3.8) is 0 Å². The molecule has 33 heavy (non-hydrogen) atoms. The van der Waals surface area contributed by atoms with Crippen LogP contribution in [0.5, 0.6) is 0 Å². The molecule has 3 aliphatic rings. The summed E-state index contributed by atoms with van der Waals surface area (Å²) in [6.07, 6.45) is 8.96. The molecule has 1 aliphatic carbocycles. The number of likely N-dealkylation sites (tertiary alicyclic amines) is 2. The summed E-state index contributed by atoms with van der Waals surface area (Å²) in [7, 11) is 0. The van der Waals surface area contributed by atoms with Crippen LogP contribution >= 0.6 is 0 Å². The zero-order valence-electron chi connectivity index (χ0n) is 20.0. The zero-order valence-corrected chi connectivity index (χ0v) is 20.0. The van der Waals surface area contributed by atoms with Gasteiger partial charge in [-0.1, -0.05) is 37.3 Å². The van der Waals surface area contributed by atoms with Gasteiger partial charge in [0.15, 0.2) is 5.69 Å². The third-order valence-electron chi connectivity index (χ3n) is 8.05. The second-order valence-electron chi connectivity index (χ2n) is 10.2. The van der Waals surface area contributed by atoms with Crippen LogP contribution in [-0.2, 0) is 25.0 Å². The van der Waals surface area contributed by atoms with Gasteiger partial charge in [-0.05, 0) is 63.4 Å². The van der Waals surface area contributed by atoms with Crippen molar-refractivity contribution in [2.45, 2.75) is 82.9 Å². The van der Waals surface area contributed by atoms with E-state index in [4.69, 9.17) is 5.10 Å². The zero-order chi connectivity index (χ0) is 22.8. The topological polar surface area (TPSA) is 61.6 Å². The Morgan fingerprint density at radius 3 is 2.52 bits per heavy atom. The highest BCUT2D eigenvalue weighted by molar-refractivity contribution is 5.94. The standard InChI is InChI=1S/C27H38N4O2/c1-2-15-31-24-12-11-22(20-23(24)25(28-31)26(32)30-16-7-4-8-17-30)29-18-13-27(33,14-19-29)21-9-5-3-6-10-21/h3,5-6,9-10,22,33H,2,4,7-8,11-20H2,1H3. The van der Waals surface area contributed by atoms with Crippen molar-refractivity contribution >= 4 is 5.91 Å². The number of rotatable bonds is 5. The highest BCUT2D eigenvalue weighted by atomic mass is 16.3. The van der Waals surface area contributed by atoms with Crippen LogP contribution in [0.15, 0.2) is 30.3 Å². The number of carbonyl (C=O) groups is 1. The number of nitrogens with zero attached hydrogens (tertiary/aromatic N) is 4. The number of aryl methyl sites for hydroxylation is 1. The van der Waals surface area contributed by atoms with Gasteiger partial charge in [0.1, 0.15) is 0 Å². The summed E-state index contributed by atoms with van der Waals surface area (Å²) >= 11 is 0. The molecule has 1 unspecified atom stereocenters. The molecule has 2 saturated heterocycles. The highest BCUT2D eigenvalue weighted by Gasteiger charge is 2.38. The van der Waals surface area contributed by atoms with E-state index in [1.54, 1.807) is 0 Å². The maximum Gasteiger partial charge on any atom is 0.274 e. The van der Waals surface area contributed by atoms with Crippen molar-refractivity contribution in [3.05, 3.63) is 52.8 Å². The van der Waals surface area contributed by atoms with E-state index in [0.29, 0.717) is 11.7 Å². The fraction of sp³-hybridized carbons (Fsp3) is 0.630. The molecule has 1 atom stereocenters. The Morgan fingerprint density at radius 2 is 1.82 bits per heavy atom. The molecule has 0 radical (unpaired) electrons. The molecule has 3 heterocycles. The van der Waals surface area contributed by atoms with E-state index >= 15 is 0 Å². The largest absolute Gasteiger partial charge is 0.385 e. The first-order chi connectivity index (χ1) is 16.1. The second-order valence-corrected chi connectivity index (χ2v) is 10.2. The van der Waals surface area contributed by atoms with Gasteiger partial charge in [0.05, 0.1) is 5.60 Å². The van der Waals surface area contributed by atoms with Crippen LogP contribution in [0.2, 0.25) is 0 Å². The fourth-order valence-corrected chi connectivity index (χ4v) is 6.09. The predicted molar refractivity (Wildman–Crippen MR) is 129 cm³/mol. The number of piperidine rings is 2. The lowest BCUT2D eigenvalue weighted by molar-refractivity contribution is -0.0370. The van der Waals surface area contributed by atoms with Crippen LogP contribution in [0.25, 0.3) is 0 Å². The van der Waals surface area contributed by atoms with Gasteiger partial charge in [-0.15, -0.1) is 0 Å². The van der Waals surface area contributed by atoms with Crippen molar-refractivity contribution in [3.8, 4) is 0 Å². The van der Waals surface area contributed by atoms with Gasteiger partial charge in [-0.3, -0.25) is 14.4 Å². The van der Waals surface area contributed by atoms with Gasteiger partial charge in [0.2, 0.25) is 0 Å². The van der Waals surface area contributed by atoms with Gasteiger partial charge >= 0.3 is 0 Å². The molecule has 2 aromatic rings. The molecule has 2 fully saturated rings. The lowest BCUT2D eigenvalue weighted by Crippen LogP contribution is -2.48. The molecule has 1 aromatic carbocycles. The van der Waals surface area contributed by atoms with Gasteiger partial charge in [-0.2, -0.15) is 5.10 Å². The number of aliphatic hydroxyl groups is 1. The van der Waals surface area contributed by atoms with Crippen LogP contribution in [0.1, 0.15) is 79.2 Å². The third kappa shape index (κ3) is 4.47. The molecule has 1 aromatic heterocycles. The molecular weight excluding hydrogens is 412 g/mol. The monoisotopic (exact) mass is 450 g/mol. The van der Waals surface area contributed by atoms with Crippen molar-refractivity contribution in [2.75, 3.05) is 26.2 Å². The van der Waals surface area contributed by atoms with E-state index in [9.17, 15) is 9.90 Å². The normalized spacial score (nSPS) is 23.3. The van der Waals surface area contributed by atoms with Crippen LogP contribution in [0.3, 0.4) is 0 Å². The minimum Gasteiger partial charge on any atom is -0.385 e. The SMILES string of the molecule is CCCn1nc(C(=O)N2CCCCC2)c2c1CCC(N1CCC(O)(c3ccccc3)CC1)C2. The summed E-state index contributed by atoms with van der Waals surface area (Å²) in [5.74, 6) is 0.138. The van der Waals surface area contributed by atoms with Gasteiger partial charge < -0.3 is 10.0 Å². The molecular formula is C27H38N4O2. The summed E-state index contributed by atoms with van der Waals surface area (Å²) in [6.45, 7) is 6.57. The number of hydrogen-bond donors (Lipinski definition) is 1. The molecule has 0 bridgehead atoms. The Morgan fingerprint density at radius 1 is 1.09 bits per heavy atom. The maximum absolute atomic E-state index is 13.4. The molecule has 1 amide bonds. The highest BCUT2D eigenvalue weighted by Crippen LogP contribution is 2.36. The molecule has 1 N–H and O–H groups in total.